The zero-order valence-corrected chi connectivity index (χ0v) is 19.1. The highest BCUT2D eigenvalue weighted by molar-refractivity contribution is 5.75. The number of fused-ring (bicyclic) bond motifs is 5. The van der Waals surface area contributed by atoms with Gasteiger partial charge in [-0.15, -0.1) is 0 Å². The van der Waals surface area contributed by atoms with Crippen molar-refractivity contribution in [2.75, 3.05) is 13.1 Å². The van der Waals surface area contributed by atoms with Gasteiger partial charge in [0.1, 0.15) is 0 Å². The van der Waals surface area contributed by atoms with E-state index in [1.165, 1.54) is 50.5 Å². The molecule has 1 aromatic rings. The Balaban J connectivity index is 1.39. The fraction of sp³-hybridized carbons (Fsp3) is 0.704. The first-order valence-corrected chi connectivity index (χ1v) is 12.4. The van der Waals surface area contributed by atoms with Gasteiger partial charge in [0.15, 0.2) is 0 Å². The van der Waals surface area contributed by atoms with Gasteiger partial charge in [0.2, 0.25) is 5.91 Å². The summed E-state index contributed by atoms with van der Waals surface area (Å²) in [6.45, 7) is 9.11. The minimum atomic E-state index is 0.308. The Hall–Kier alpha value is -1.64. The third kappa shape index (κ3) is 2.99. The Bertz CT molecular complexity index is 833. The number of likely N-dealkylation sites (tertiary alicyclic amines) is 1. The molecule has 3 aliphatic carbocycles. The van der Waals surface area contributed by atoms with Crippen molar-refractivity contribution in [1.82, 2.24) is 9.88 Å². The monoisotopic (exact) mass is 406 g/mol. The lowest BCUT2D eigenvalue weighted by molar-refractivity contribution is -0.130. The van der Waals surface area contributed by atoms with E-state index < -0.39 is 0 Å². The van der Waals surface area contributed by atoms with Gasteiger partial charge in [0.05, 0.1) is 0 Å². The number of hydrogen-bond acceptors (Lipinski definition) is 2. The van der Waals surface area contributed by atoms with Gasteiger partial charge in [0.25, 0.3) is 0 Å². The van der Waals surface area contributed by atoms with Crippen molar-refractivity contribution in [1.29, 1.82) is 0 Å². The van der Waals surface area contributed by atoms with Gasteiger partial charge in [-0.05, 0) is 96.7 Å². The molecule has 1 amide bonds. The molecule has 1 saturated heterocycles. The summed E-state index contributed by atoms with van der Waals surface area (Å²) in [4.78, 5) is 19.0. The average molecular weight is 407 g/mol. The van der Waals surface area contributed by atoms with Crippen LogP contribution < -0.4 is 0 Å². The van der Waals surface area contributed by atoms with Crippen molar-refractivity contribution in [3.63, 3.8) is 0 Å². The summed E-state index contributed by atoms with van der Waals surface area (Å²) in [6, 6.07) is 4.33. The SMILES string of the molecule is CCC(=O)N1CCC2CC[C@@H]3[C@H](CC[C@]4(C)C(c5cccnc5)=CC[C@@H]34)[C@@]2(C)CC1. The predicted octanol–water partition coefficient (Wildman–Crippen LogP) is 5.97. The number of pyridine rings is 1. The van der Waals surface area contributed by atoms with E-state index in [0.717, 1.165) is 36.8 Å². The third-order valence-corrected chi connectivity index (χ3v) is 9.94. The molecule has 2 saturated carbocycles. The quantitative estimate of drug-likeness (QED) is 0.606. The van der Waals surface area contributed by atoms with E-state index >= 15 is 0 Å². The van der Waals surface area contributed by atoms with Crippen LogP contribution in [0.5, 0.6) is 0 Å². The van der Waals surface area contributed by atoms with Gasteiger partial charge >= 0.3 is 0 Å². The van der Waals surface area contributed by atoms with Crippen molar-refractivity contribution >= 4 is 11.5 Å². The predicted molar refractivity (Wildman–Crippen MR) is 122 cm³/mol. The topological polar surface area (TPSA) is 33.2 Å². The highest BCUT2D eigenvalue weighted by Crippen LogP contribution is 2.66. The number of nitrogens with zero attached hydrogens (tertiary/aromatic N) is 2. The minimum absolute atomic E-state index is 0.308. The lowest BCUT2D eigenvalue weighted by atomic mass is 9.46. The number of aromatic nitrogens is 1. The molecule has 3 nitrogen and oxygen atoms in total. The minimum Gasteiger partial charge on any atom is -0.343 e. The molecule has 1 unspecified atom stereocenters. The normalized spacial score (nSPS) is 40.6. The molecule has 1 aromatic heterocycles. The molecule has 2 heterocycles. The van der Waals surface area contributed by atoms with Crippen LogP contribution in [0, 0.1) is 34.5 Å². The van der Waals surface area contributed by atoms with E-state index in [-0.39, 0.29) is 0 Å². The number of carbonyl (C=O) groups is 1. The molecule has 0 aromatic carbocycles. The van der Waals surface area contributed by atoms with Crippen LogP contribution in [0.25, 0.3) is 5.57 Å². The summed E-state index contributed by atoms with van der Waals surface area (Å²) in [5, 5.41) is 0. The second kappa shape index (κ2) is 7.50. The number of carbonyl (C=O) groups excluding carboxylic acids is 1. The molecule has 0 N–H and O–H groups in total. The number of rotatable bonds is 2. The zero-order valence-electron chi connectivity index (χ0n) is 19.1. The molecule has 0 spiro atoms. The molecule has 4 aliphatic rings. The summed E-state index contributed by atoms with van der Waals surface area (Å²) in [6.07, 6.45) is 16.2. The number of allylic oxidation sites excluding steroid dienone is 2. The van der Waals surface area contributed by atoms with Crippen LogP contribution in [0.1, 0.15) is 77.7 Å². The maximum absolute atomic E-state index is 12.4. The molecule has 162 valence electrons. The van der Waals surface area contributed by atoms with Crippen LogP contribution in [-0.4, -0.2) is 28.9 Å². The van der Waals surface area contributed by atoms with Crippen molar-refractivity contribution in [3.8, 4) is 0 Å². The summed E-state index contributed by atoms with van der Waals surface area (Å²) in [5.74, 6) is 3.59. The molecule has 5 rings (SSSR count). The van der Waals surface area contributed by atoms with Gasteiger partial charge in [0, 0.05) is 31.9 Å². The third-order valence-electron chi connectivity index (χ3n) is 9.94. The second-order valence-corrected chi connectivity index (χ2v) is 11.0. The molecule has 0 bridgehead atoms. The molecular formula is C27H38N2O. The number of amides is 1. The smallest absolute Gasteiger partial charge is 0.222 e. The van der Waals surface area contributed by atoms with Crippen molar-refractivity contribution < 1.29 is 4.79 Å². The lowest BCUT2D eigenvalue weighted by Crippen LogP contribution is -2.51. The maximum atomic E-state index is 12.4. The standard InChI is InChI=1S/C27H38N2O/c1-4-25(30)29-16-12-20-7-8-21-23-10-9-22(19-6-5-15-28-18-19)27(23,3)13-11-24(21)26(20,2)14-17-29/h5-6,9,15,18,20-21,23-24H,4,7-8,10-14,16-17H2,1-3H3/t20?,21-,23-,24-,26-,27+/m0/s1. The van der Waals surface area contributed by atoms with Crippen LogP contribution in [0.15, 0.2) is 30.6 Å². The first kappa shape index (κ1) is 20.3. The molecule has 0 radical (unpaired) electrons. The Labute approximate surface area is 182 Å². The van der Waals surface area contributed by atoms with Crippen LogP contribution in [0.4, 0.5) is 0 Å². The zero-order chi connectivity index (χ0) is 20.9. The fourth-order valence-corrected chi connectivity index (χ4v) is 8.21. The molecule has 6 atom stereocenters. The van der Waals surface area contributed by atoms with E-state index in [2.05, 4.69) is 48.1 Å². The average Bonchev–Trinajstić information content (AvgIpc) is 3.02. The summed E-state index contributed by atoms with van der Waals surface area (Å²) in [7, 11) is 0. The molecule has 3 fully saturated rings. The van der Waals surface area contributed by atoms with Crippen LogP contribution in [0.3, 0.4) is 0 Å². The second-order valence-electron chi connectivity index (χ2n) is 11.0. The molecular weight excluding hydrogens is 368 g/mol. The van der Waals surface area contributed by atoms with Crippen LogP contribution >= 0.6 is 0 Å². The summed E-state index contributed by atoms with van der Waals surface area (Å²) >= 11 is 0. The van der Waals surface area contributed by atoms with Crippen molar-refractivity contribution in [2.45, 2.75) is 72.1 Å². The van der Waals surface area contributed by atoms with Gasteiger partial charge in [-0.2, -0.15) is 0 Å². The van der Waals surface area contributed by atoms with E-state index in [0.29, 0.717) is 23.2 Å². The Morgan fingerprint density at radius 3 is 2.77 bits per heavy atom. The highest BCUT2D eigenvalue weighted by Gasteiger charge is 2.58. The molecule has 1 aliphatic heterocycles. The first-order chi connectivity index (χ1) is 14.5. The van der Waals surface area contributed by atoms with Gasteiger partial charge in [-0.25, -0.2) is 0 Å². The van der Waals surface area contributed by atoms with Gasteiger partial charge < -0.3 is 4.90 Å². The molecule has 3 heteroatoms. The first-order valence-electron chi connectivity index (χ1n) is 12.4. The highest BCUT2D eigenvalue weighted by atomic mass is 16.2. The van der Waals surface area contributed by atoms with E-state index in [9.17, 15) is 4.79 Å². The Morgan fingerprint density at radius 2 is 2.00 bits per heavy atom. The summed E-state index contributed by atoms with van der Waals surface area (Å²) < 4.78 is 0. The Morgan fingerprint density at radius 1 is 1.13 bits per heavy atom. The van der Waals surface area contributed by atoms with Crippen molar-refractivity contribution in [2.24, 2.45) is 34.5 Å². The maximum Gasteiger partial charge on any atom is 0.222 e. The fourth-order valence-electron chi connectivity index (χ4n) is 8.21. The van der Waals surface area contributed by atoms with E-state index in [1.54, 1.807) is 5.57 Å². The van der Waals surface area contributed by atoms with Crippen LogP contribution in [-0.2, 0) is 4.79 Å². The van der Waals surface area contributed by atoms with Gasteiger partial charge in [-0.3, -0.25) is 9.78 Å². The summed E-state index contributed by atoms with van der Waals surface area (Å²) in [5.41, 5.74) is 3.61. The lowest BCUT2D eigenvalue weighted by Gasteiger charge is -2.58. The number of hydrogen-bond donors (Lipinski definition) is 0. The molecule has 30 heavy (non-hydrogen) atoms. The van der Waals surface area contributed by atoms with Gasteiger partial charge in [-0.1, -0.05) is 32.9 Å². The van der Waals surface area contributed by atoms with Crippen molar-refractivity contribution in [3.05, 3.63) is 36.2 Å². The van der Waals surface area contributed by atoms with E-state index in [1.807, 2.05) is 13.1 Å². The Kier molecular flexibility index (Phi) is 5.07. The van der Waals surface area contributed by atoms with E-state index in [4.69, 9.17) is 0 Å². The van der Waals surface area contributed by atoms with Crippen LogP contribution in [0.2, 0.25) is 0 Å². The largest absolute Gasteiger partial charge is 0.343 e.